The lowest BCUT2D eigenvalue weighted by Crippen LogP contribution is -2.42. The summed E-state index contributed by atoms with van der Waals surface area (Å²) in [6, 6.07) is 10.3. The van der Waals surface area contributed by atoms with Crippen molar-refractivity contribution in [1.29, 1.82) is 0 Å². The highest BCUT2D eigenvalue weighted by Crippen LogP contribution is 2.31. The zero-order valence-electron chi connectivity index (χ0n) is 16.6. The van der Waals surface area contributed by atoms with Crippen LogP contribution in [0.4, 0.5) is 5.69 Å². The Morgan fingerprint density at radius 1 is 1.24 bits per heavy atom. The maximum absolute atomic E-state index is 12.5. The van der Waals surface area contributed by atoms with Crippen LogP contribution in [-0.2, 0) is 14.8 Å². The summed E-state index contributed by atoms with van der Waals surface area (Å²) < 4.78 is 34.9. The zero-order chi connectivity index (χ0) is 21.2. The summed E-state index contributed by atoms with van der Waals surface area (Å²) in [4.78, 5) is 14.3. The average Bonchev–Trinajstić information content (AvgIpc) is 2.64. The Labute approximate surface area is 170 Å². The number of fused-ring (bicyclic) bond motifs is 1. The van der Waals surface area contributed by atoms with Gasteiger partial charge in [0.05, 0.1) is 11.4 Å². The van der Waals surface area contributed by atoms with E-state index in [9.17, 15) is 13.2 Å². The Morgan fingerprint density at radius 2 is 1.93 bits per heavy atom. The van der Waals surface area contributed by atoms with Crippen LogP contribution in [0.15, 0.2) is 41.3 Å². The van der Waals surface area contributed by atoms with Gasteiger partial charge in [0, 0.05) is 12.2 Å². The van der Waals surface area contributed by atoms with Gasteiger partial charge in [-0.3, -0.25) is 9.69 Å². The molecule has 0 aromatic heterocycles. The van der Waals surface area contributed by atoms with E-state index in [0.29, 0.717) is 30.3 Å². The lowest BCUT2D eigenvalue weighted by atomic mass is 10.1. The summed E-state index contributed by atoms with van der Waals surface area (Å²) in [5, 5.41) is 7.99. The van der Waals surface area contributed by atoms with Gasteiger partial charge >= 0.3 is 0 Å². The van der Waals surface area contributed by atoms with Crippen LogP contribution in [0.3, 0.4) is 0 Å². The maximum atomic E-state index is 12.5. The van der Waals surface area contributed by atoms with Crippen LogP contribution in [0.25, 0.3) is 0 Å². The van der Waals surface area contributed by atoms with E-state index in [1.165, 1.54) is 12.1 Å². The summed E-state index contributed by atoms with van der Waals surface area (Å²) in [6.45, 7) is 4.59. The van der Waals surface area contributed by atoms with E-state index < -0.39 is 10.0 Å². The third-order valence-corrected chi connectivity index (χ3v) is 5.63. The smallest absolute Gasteiger partial charge is 0.238 e. The first kappa shape index (κ1) is 21.1. The number of hydrogen-bond acceptors (Lipinski definition) is 6. The van der Waals surface area contributed by atoms with Crippen LogP contribution >= 0.6 is 0 Å². The average molecular weight is 420 g/mol. The molecule has 156 valence electrons. The Kier molecular flexibility index (Phi) is 6.11. The fraction of sp³-hybridized carbons (Fsp3) is 0.350. The normalized spacial score (nSPS) is 16.0. The molecule has 1 amide bonds. The van der Waals surface area contributed by atoms with Crippen molar-refractivity contribution in [3.05, 3.63) is 47.5 Å². The first-order valence-corrected chi connectivity index (χ1v) is 10.7. The minimum absolute atomic E-state index is 0.0318. The van der Waals surface area contributed by atoms with E-state index in [0.717, 1.165) is 11.1 Å². The van der Waals surface area contributed by atoms with Crippen molar-refractivity contribution in [3.63, 3.8) is 0 Å². The quantitative estimate of drug-likeness (QED) is 0.737. The number of anilines is 1. The van der Waals surface area contributed by atoms with Gasteiger partial charge in [-0.2, -0.15) is 0 Å². The molecular formula is C20H25N3O5S. The summed E-state index contributed by atoms with van der Waals surface area (Å²) in [5.74, 6) is 1.14. The topological polar surface area (TPSA) is 111 Å². The fourth-order valence-electron chi connectivity index (χ4n) is 3.12. The molecule has 8 nitrogen and oxygen atoms in total. The number of carbonyl (C=O) groups is 1. The first-order valence-electron chi connectivity index (χ1n) is 9.14. The number of para-hydroxylation sites is 2. The van der Waals surface area contributed by atoms with E-state index in [-0.39, 0.29) is 23.5 Å². The van der Waals surface area contributed by atoms with Crippen molar-refractivity contribution < 1.29 is 22.7 Å². The molecule has 0 saturated carbocycles. The number of ether oxygens (including phenoxy) is 2. The molecule has 0 bridgehead atoms. The molecule has 29 heavy (non-hydrogen) atoms. The fourth-order valence-corrected chi connectivity index (χ4v) is 3.74. The van der Waals surface area contributed by atoms with Crippen LogP contribution < -0.4 is 19.9 Å². The van der Waals surface area contributed by atoms with Crippen LogP contribution in [-0.4, -0.2) is 52.1 Å². The van der Waals surface area contributed by atoms with Crippen LogP contribution in [0.1, 0.15) is 11.1 Å². The van der Waals surface area contributed by atoms with E-state index in [2.05, 4.69) is 5.32 Å². The third-order valence-electron chi connectivity index (χ3n) is 4.74. The number of likely N-dealkylation sites (N-methyl/N-ethyl adjacent to an activating group) is 1. The third kappa shape index (κ3) is 5.26. The van der Waals surface area contributed by atoms with Gasteiger partial charge in [0.15, 0.2) is 11.5 Å². The molecule has 2 aromatic carbocycles. The van der Waals surface area contributed by atoms with Crippen molar-refractivity contribution in [1.82, 2.24) is 4.90 Å². The minimum atomic E-state index is -3.86. The van der Waals surface area contributed by atoms with Gasteiger partial charge < -0.3 is 14.8 Å². The molecule has 3 N–H and O–H groups in total. The highest BCUT2D eigenvalue weighted by molar-refractivity contribution is 7.89. The van der Waals surface area contributed by atoms with Crippen LogP contribution in [0.2, 0.25) is 0 Å². The number of nitrogens with one attached hydrogen (secondary N) is 1. The standard InChI is InChI=1S/C20H25N3O5S/c1-13-8-16(29(21,25)26)9-17(14(13)2)22-20(24)11-23(3)10-15-12-27-18-6-4-5-7-19(18)28-15/h4-9,15H,10-12H2,1-3H3,(H,22,24)(H2,21,25,26)/t15-/m1/s1. The molecule has 0 unspecified atom stereocenters. The zero-order valence-corrected chi connectivity index (χ0v) is 17.5. The van der Waals surface area contributed by atoms with Gasteiger partial charge in [-0.25, -0.2) is 13.6 Å². The van der Waals surface area contributed by atoms with Crippen molar-refractivity contribution >= 4 is 21.6 Å². The van der Waals surface area contributed by atoms with Crippen molar-refractivity contribution in [2.75, 3.05) is 32.1 Å². The molecule has 1 heterocycles. The molecule has 2 aromatic rings. The lowest BCUT2D eigenvalue weighted by molar-refractivity contribution is -0.117. The SMILES string of the molecule is Cc1cc(S(N)(=O)=O)cc(NC(=O)CN(C)C[C@@H]2COc3ccccc3O2)c1C. The van der Waals surface area contributed by atoms with Crippen molar-refractivity contribution in [3.8, 4) is 11.5 Å². The molecule has 9 heteroatoms. The number of hydrogen-bond donors (Lipinski definition) is 2. The van der Waals surface area contributed by atoms with Crippen molar-refractivity contribution in [2.24, 2.45) is 5.14 Å². The van der Waals surface area contributed by atoms with Crippen LogP contribution in [0, 0.1) is 13.8 Å². The largest absolute Gasteiger partial charge is 0.486 e. The summed E-state index contributed by atoms with van der Waals surface area (Å²) in [7, 11) is -2.05. The van der Waals surface area contributed by atoms with E-state index in [1.54, 1.807) is 6.92 Å². The second kappa shape index (κ2) is 8.40. The molecule has 1 atom stereocenters. The Hall–Kier alpha value is -2.62. The second-order valence-electron chi connectivity index (χ2n) is 7.20. The van der Waals surface area contributed by atoms with Gasteiger partial charge in [-0.1, -0.05) is 12.1 Å². The molecule has 3 rings (SSSR count). The number of rotatable bonds is 6. The lowest BCUT2D eigenvalue weighted by Gasteiger charge is -2.29. The first-order chi connectivity index (χ1) is 13.6. The molecule has 0 saturated heterocycles. The van der Waals surface area contributed by atoms with Gasteiger partial charge in [-0.05, 0) is 56.3 Å². The highest BCUT2D eigenvalue weighted by Gasteiger charge is 2.23. The van der Waals surface area contributed by atoms with Gasteiger partial charge in [0.1, 0.15) is 12.7 Å². The molecule has 0 spiro atoms. The second-order valence-corrected chi connectivity index (χ2v) is 8.76. The van der Waals surface area contributed by atoms with E-state index >= 15 is 0 Å². The van der Waals surface area contributed by atoms with E-state index in [4.69, 9.17) is 14.6 Å². The summed E-state index contributed by atoms with van der Waals surface area (Å²) >= 11 is 0. The van der Waals surface area contributed by atoms with Gasteiger partial charge in [0.2, 0.25) is 15.9 Å². The predicted molar refractivity (Wildman–Crippen MR) is 110 cm³/mol. The number of nitrogens with two attached hydrogens (primary N) is 1. The number of nitrogens with zero attached hydrogens (tertiary/aromatic N) is 1. The Bertz CT molecular complexity index is 1020. The monoisotopic (exact) mass is 419 g/mol. The maximum Gasteiger partial charge on any atom is 0.238 e. The molecule has 1 aliphatic heterocycles. The number of aryl methyl sites for hydroxylation is 1. The summed E-state index contributed by atoms with van der Waals surface area (Å²) in [6.07, 6.45) is -0.197. The molecule has 0 fully saturated rings. The van der Waals surface area contributed by atoms with Crippen molar-refractivity contribution in [2.45, 2.75) is 24.8 Å². The predicted octanol–water partition coefficient (Wildman–Crippen LogP) is 1.66. The number of amides is 1. The number of sulfonamides is 1. The summed E-state index contributed by atoms with van der Waals surface area (Å²) in [5.41, 5.74) is 1.94. The highest BCUT2D eigenvalue weighted by atomic mass is 32.2. The molecule has 1 aliphatic rings. The Balaban J connectivity index is 1.60. The Morgan fingerprint density at radius 3 is 2.62 bits per heavy atom. The number of benzene rings is 2. The van der Waals surface area contributed by atoms with Gasteiger partial charge in [-0.15, -0.1) is 0 Å². The molecule has 0 aliphatic carbocycles. The van der Waals surface area contributed by atoms with Gasteiger partial charge in [0.25, 0.3) is 0 Å². The number of carbonyl (C=O) groups excluding carboxylic acids is 1. The molecular weight excluding hydrogens is 394 g/mol. The number of primary sulfonamides is 1. The minimum Gasteiger partial charge on any atom is -0.486 e. The van der Waals surface area contributed by atoms with E-state index in [1.807, 2.05) is 43.1 Å². The van der Waals surface area contributed by atoms with Crippen LogP contribution in [0.5, 0.6) is 11.5 Å². The molecule has 0 radical (unpaired) electrons.